The van der Waals surface area contributed by atoms with Gasteiger partial charge in [-0.25, -0.2) is 4.39 Å². The van der Waals surface area contributed by atoms with E-state index in [2.05, 4.69) is 0 Å². The van der Waals surface area contributed by atoms with Gasteiger partial charge in [-0.1, -0.05) is 42.0 Å². The van der Waals surface area contributed by atoms with Crippen molar-refractivity contribution >= 4 is 11.8 Å². The van der Waals surface area contributed by atoms with E-state index in [9.17, 15) is 14.0 Å². The molecule has 0 N–H and O–H groups in total. The zero-order valence-electron chi connectivity index (χ0n) is 15.7. The molecule has 1 heterocycles. The van der Waals surface area contributed by atoms with Crippen LogP contribution in [0.15, 0.2) is 48.5 Å². The van der Waals surface area contributed by atoms with E-state index in [0.29, 0.717) is 32.6 Å². The first kappa shape index (κ1) is 19.1. The van der Waals surface area contributed by atoms with Crippen LogP contribution in [0.25, 0.3) is 0 Å². The van der Waals surface area contributed by atoms with Gasteiger partial charge >= 0.3 is 0 Å². The Morgan fingerprint density at radius 1 is 0.852 bits per heavy atom. The SMILES string of the molecule is Cc1cccc(CC(=O)N2CCCN(C(=O)Cc3ccc(F)cc3)CC2)c1. The first-order valence-corrected chi connectivity index (χ1v) is 9.37. The van der Waals surface area contributed by atoms with Gasteiger partial charge in [-0.3, -0.25) is 9.59 Å². The number of nitrogens with zero attached hydrogens (tertiary/aromatic N) is 2. The molecule has 2 aromatic carbocycles. The van der Waals surface area contributed by atoms with Crippen LogP contribution in [0, 0.1) is 12.7 Å². The van der Waals surface area contributed by atoms with Crippen molar-refractivity contribution < 1.29 is 14.0 Å². The molecule has 27 heavy (non-hydrogen) atoms. The highest BCUT2D eigenvalue weighted by Crippen LogP contribution is 2.11. The second-order valence-electron chi connectivity index (χ2n) is 7.08. The van der Waals surface area contributed by atoms with Crippen LogP contribution in [0.3, 0.4) is 0 Å². The van der Waals surface area contributed by atoms with E-state index in [-0.39, 0.29) is 24.1 Å². The molecule has 2 amide bonds. The van der Waals surface area contributed by atoms with Gasteiger partial charge < -0.3 is 9.80 Å². The maximum atomic E-state index is 13.0. The summed E-state index contributed by atoms with van der Waals surface area (Å²) in [5.41, 5.74) is 2.97. The van der Waals surface area contributed by atoms with Crippen LogP contribution in [0.5, 0.6) is 0 Å². The predicted octanol–water partition coefficient (Wildman–Crippen LogP) is 2.98. The highest BCUT2D eigenvalue weighted by Gasteiger charge is 2.22. The summed E-state index contributed by atoms with van der Waals surface area (Å²) in [4.78, 5) is 28.8. The van der Waals surface area contributed by atoms with Gasteiger partial charge in [0.1, 0.15) is 5.82 Å². The Hall–Kier alpha value is -2.69. The summed E-state index contributed by atoms with van der Waals surface area (Å²) in [7, 11) is 0. The Balaban J connectivity index is 1.54. The summed E-state index contributed by atoms with van der Waals surface area (Å²) in [6, 6.07) is 14.0. The van der Waals surface area contributed by atoms with Crippen molar-refractivity contribution in [1.82, 2.24) is 9.80 Å². The minimum absolute atomic E-state index is 0.0228. The maximum Gasteiger partial charge on any atom is 0.227 e. The third kappa shape index (κ3) is 5.39. The van der Waals surface area contributed by atoms with Crippen LogP contribution >= 0.6 is 0 Å². The minimum atomic E-state index is -0.302. The number of amides is 2. The normalized spacial score (nSPS) is 14.7. The first-order chi connectivity index (χ1) is 13.0. The topological polar surface area (TPSA) is 40.6 Å². The van der Waals surface area contributed by atoms with Gasteiger partial charge in [0.2, 0.25) is 11.8 Å². The average Bonchev–Trinajstić information content (AvgIpc) is 2.90. The molecular weight excluding hydrogens is 343 g/mol. The molecule has 0 saturated carbocycles. The van der Waals surface area contributed by atoms with Gasteiger partial charge in [-0.05, 0) is 36.6 Å². The van der Waals surface area contributed by atoms with Gasteiger partial charge in [0.25, 0.3) is 0 Å². The molecule has 0 bridgehead atoms. The van der Waals surface area contributed by atoms with Crippen molar-refractivity contribution in [2.75, 3.05) is 26.2 Å². The van der Waals surface area contributed by atoms with Crippen LogP contribution in [0.4, 0.5) is 4.39 Å². The van der Waals surface area contributed by atoms with Gasteiger partial charge in [0.15, 0.2) is 0 Å². The highest BCUT2D eigenvalue weighted by molar-refractivity contribution is 5.80. The number of benzene rings is 2. The fourth-order valence-corrected chi connectivity index (χ4v) is 3.41. The van der Waals surface area contributed by atoms with Gasteiger partial charge in [-0.15, -0.1) is 0 Å². The summed E-state index contributed by atoms with van der Waals surface area (Å²) < 4.78 is 13.0. The van der Waals surface area contributed by atoms with Crippen LogP contribution in [-0.2, 0) is 22.4 Å². The zero-order valence-corrected chi connectivity index (χ0v) is 15.7. The summed E-state index contributed by atoms with van der Waals surface area (Å²) in [5.74, 6) is -0.174. The molecule has 0 aliphatic carbocycles. The molecule has 142 valence electrons. The Morgan fingerprint density at radius 2 is 1.44 bits per heavy atom. The average molecular weight is 368 g/mol. The zero-order chi connectivity index (χ0) is 19.2. The maximum absolute atomic E-state index is 13.0. The standard InChI is InChI=1S/C22H25FN2O2/c1-17-4-2-5-19(14-17)16-22(27)25-11-3-10-24(12-13-25)21(26)15-18-6-8-20(23)9-7-18/h2,4-9,14H,3,10-13,15-16H2,1H3. The smallest absolute Gasteiger partial charge is 0.227 e. The fraction of sp³-hybridized carbons (Fsp3) is 0.364. The van der Waals surface area contributed by atoms with Gasteiger partial charge in [0.05, 0.1) is 12.8 Å². The lowest BCUT2D eigenvalue weighted by molar-refractivity contribution is -0.132. The largest absolute Gasteiger partial charge is 0.341 e. The third-order valence-corrected chi connectivity index (χ3v) is 4.91. The Bertz CT molecular complexity index is 804. The van der Waals surface area contributed by atoms with Crippen molar-refractivity contribution in [1.29, 1.82) is 0 Å². The quantitative estimate of drug-likeness (QED) is 0.832. The molecular formula is C22H25FN2O2. The molecule has 0 atom stereocenters. The van der Waals surface area contributed by atoms with E-state index in [1.165, 1.54) is 12.1 Å². The number of carbonyl (C=O) groups excluding carboxylic acids is 2. The van der Waals surface area contributed by atoms with Crippen LogP contribution < -0.4 is 0 Å². The molecule has 4 nitrogen and oxygen atoms in total. The second-order valence-corrected chi connectivity index (χ2v) is 7.08. The van der Waals surface area contributed by atoms with Crippen LogP contribution in [-0.4, -0.2) is 47.8 Å². The van der Waals surface area contributed by atoms with Gasteiger partial charge in [-0.2, -0.15) is 0 Å². The van der Waals surface area contributed by atoms with E-state index in [1.54, 1.807) is 12.1 Å². The van der Waals surface area contributed by atoms with Crippen molar-refractivity contribution in [2.45, 2.75) is 26.2 Å². The summed E-state index contributed by atoms with van der Waals surface area (Å²) >= 11 is 0. The Kier molecular flexibility index (Phi) is 6.22. The number of hydrogen-bond donors (Lipinski definition) is 0. The molecule has 1 aliphatic rings. The lowest BCUT2D eigenvalue weighted by Crippen LogP contribution is -2.38. The monoisotopic (exact) mass is 368 g/mol. The lowest BCUT2D eigenvalue weighted by Gasteiger charge is -2.22. The fourth-order valence-electron chi connectivity index (χ4n) is 3.41. The molecule has 0 spiro atoms. The molecule has 1 aliphatic heterocycles. The number of hydrogen-bond acceptors (Lipinski definition) is 2. The van der Waals surface area contributed by atoms with E-state index >= 15 is 0 Å². The van der Waals surface area contributed by atoms with E-state index in [1.807, 2.05) is 41.0 Å². The molecule has 5 heteroatoms. The molecule has 1 fully saturated rings. The third-order valence-electron chi connectivity index (χ3n) is 4.91. The van der Waals surface area contributed by atoms with Crippen LogP contribution in [0.1, 0.15) is 23.1 Å². The van der Waals surface area contributed by atoms with Crippen molar-refractivity contribution in [3.63, 3.8) is 0 Å². The highest BCUT2D eigenvalue weighted by atomic mass is 19.1. The lowest BCUT2D eigenvalue weighted by atomic mass is 10.1. The van der Waals surface area contributed by atoms with E-state index < -0.39 is 0 Å². The molecule has 3 rings (SSSR count). The van der Waals surface area contributed by atoms with E-state index in [0.717, 1.165) is 23.1 Å². The molecule has 0 aromatic heterocycles. The van der Waals surface area contributed by atoms with Crippen molar-refractivity contribution in [3.8, 4) is 0 Å². The van der Waals surface area contributed by atoms with E-state index in [4.69, 9.17) is 0 Å². The summed E-state index contributed by atoms with van der Waals surface area (Å²) in [5, 5.41) is 0. The molecule has 2 aromatic rings. The Labute approximate surface area is 159 Å². The summed E-state index contributed by atoms with van der Waals surface area (Å²) in [6.45, 7) is 4.43. The van der Waals surface area contributed by atoms with Gasteiger partial charge in [0, 0.05) is 26.2 Å². The number of carbonyl (C=O) groups is 2. The van der Waals surface area contributed by atoms with Crippen LogP contribution in [0.2, 0.25) is 0 Å². The second kappa shape index (κ2) is 8.80. The number of rotatable bonds is 4. The Morgan fingerprint density at radius 3 is 2.04 bits per heavy atom. The van der Waals surface area contributed by atoms with Crippen molar-refractivity contribution in [2.24, 2.45) is 0 Å². The molecule has 0 radical (unpaired) electrons. The predicted molar refractivity (Wildman–Crippen MR) is 103 cm³/mol. The number of halogens is 1. The summed E-state index contributed by atoms with van der Waals surface area (Å²) in [6.07, 6.45) is 1.43. The molecule has 1 saturated heterocycles. The first-order valence-electron chi connectivity index (χ1n) is 9.37. The molecule has 0 unspecified atom stereocenters. The van der Waals surface area contributed by atoms with Crippen molar-refractivity contribution in [3.05, 3.63) is 71.0 Å². The minimum Gasteiger partial charge on any atom is -0.341 e. The number of aryl methyl sites for hydroxylation is 1.